The SMILES string of the molecule is C=CC(C)c1ccc(Br)c(CC)c1. The highest BCUT2D eigenvalue weighted by Gasteiger charge is 2.03. The summed E-state index contributed by atoms with van der Waals surface area (Å²) in [6, 6.07) is 6.51. The Morgan fingerprint density at radius 3 is 2.77 bits per heavy atom. The molecule has 70 valence electrons. The predicted molar refractivity (Wildman–Crippen MR) is 62.1 cm³/mol. The quantitative estimate of drug-likeness (QED) is 0.690. The van der Waals surface area contributed by atoms with Crippen molar-refractivity contribution >= 4 is 15.9 Å². The summed E-state index contributed by atoms with van der Waals surface area (Å²) >= 11 is 3.54. The van der Waals surface area contributed by atoms with Crippen LogP contribution in [0.2, 0.25) is 0 Å². The summed E-state index contributed by atoms with van der Waals surface area (Å²) in [5, 5.41) is 0. The van der Waals surface area contributed by atoms with Crippen molar-refractivity contribution in [2.24, 2.45) is 0 Å². The van der Waals surface area contributed by atoms with Crippen molar-refractivity contribution in [3.63, 3.8) is 0 Å². The molecule has 0 saturated heterocycles. The van der Waals surface area contributed by atoms with Gasteiger partial charge in [-0.05, 0) is 29.5 Å². The van der Waals surface area contributed by atoms with Crippen LogP contribution < -0.4 is 0 Å². The first-order chi connectivity index (χ1) is 6.19. The van der Waals surface area contributed by atoms with Crippen LogP contribution in [0.3, 0.4) is 0 Å². The summed E-state index contributed by atoms with van der Waals surface area (Å²) < 4.78 is 1.20. The lowest BCUT2D eigenvalue weighted by Crippen LogP contribution is -1.91. The molecule has 13 heavy (non-hydrogen) atoms. The fourth-order valence-corrected chi connectivity index (χ4v) is 1.81. The molecule has 0 aromatic heterocycles. The van der Waals surface area contributed by atoms with Crippen molar-refractivity contribution in [1.29, 1.82) is 0 Å². The van der Waals surface area contributed by atoms with E-state index >= 15 is 0 Å². The van der Waals surface area contributed by atoms with Gasteiger partial charge in [-0.3, -0.25) is 0 Å². The van der Waals surface area contributed by atoms with E-state index in [0.29, 0.717) is 5.92 Å². The van der Waals surface area contributed by atoms with Crippen molar-refractivity contribution in [3.8, 4) is 0 Å². The third kappa shape index (κ3) is 2.44. The van der Waals surface area contributed by atoms with Crippen LogP contribution in [0.4, 0.5) is 0 Å². The zero-order valence-corrected chi connectivity index (χ0v) is 9.76. The Labute approximate surface area is 88.8 Å². The van der Waals surface area contributed by atoms with E-state index in [1.807, 2.05) is 6.08 Å². The molecule has 0 aliphatic heterocycles. The highest BCUT2D eigenvalue weighted by Crippen LogP contribution is 2.23. The van der Waals surface area contributed by atoms with E-state index in [9.17, 15) is 0 Å². The Bertz CT molecular complexity index is 302. The van der Waals surface area contributed by atoms with Gasteiger partial charge in [-0.15, -0.1) is 6.58 Å². The molecule has 0 amide bonds. The molecule has 1 unspecified atom stereocenters. The van der Waals surface area contributed by atoms with Gasteiger partial charge < -0.3 is 0 Å². The minimum absolute atomic E-state index is 0.443. The van der Waals surface area contributed by atoms with E-state index in [2.05, 4.69) is 54.6 Å². The van der Waals surface area contributed by atoms with Crippen LogP contribution in [0.5, 0.6) is 0 Å². The van der Waals surface area contributed by atoms with Crippen molar-refractivity contribution in [2.45, 2.75) is 26.2 Å². The Morgan fingerprint density at radius 1 is 1.54 bits per heavy atom. The van der Waals surface area contributed by atoms with Crippen molar-refractivity contribution < 1.29 is 0 Å². The average Bonchev–Trinajstić information content (AvgIpc) is 2.17. The smallest absolute Gasteiger partial charge is 0.0207 e. The standard InChI is InChI=1S/C12H15Br/c1-4-9(3)11-6-7-12(13)10(5-2)8-11/h4,6-9H,1,5H2,2-3H3. The highest BCUT2D eigenvalue weighted by molar-refractivity contribution is 9.10. The summed E-state index contributed by atoms with van der Waals surface area (Å²) in [4.78, 5) is 0. The van der Waals surface area contributed by atoms with E-state index in [1.54, 1.807) is 0 Å². The van der Waals surface area contributed by atoms with Gasteiger partial charge in [0.1, 0.15) is 0 Å². The minimum atomic E-state index is 0.443. The fourth-order valence-electron chi connectivity index (χ4n) is 1.28. The number of aryl methyl sites for hydroxylation is 1. The lowest BCUT2D eigenvalue weighted by atomic mass is 9.98. The highest BCUT2D eigenvalue weighted by atomic mass is 79.9. The topological polar surface area (TPSA) is 0 Å². The Kier molecular flexibility index (Phi) is 3.73. The van der Waals surface area contributed by atoms with Crippen LogP contribution in [-0.4, -0.2) is 0 Å². The Morgan fingerprint density at radius 2 is 2.23 bits per heavy atom. The maximum Gasteiger partial charge on any atom is 0.0207 e. The number of allylic oxidation sites excluding steroid dienone is 1. The largest absolute Gasteiger partial charge is 0.102 e. The normalized spacial score (nSPS) is 12.5. The molecule has 0 fully saturated rings. The Balaban J connectivity index is 3.05. The molecule has 1 aromatic carbocycles. The van der Waals surface area contributed by atoms with Crippen LogP contribution in [0.1, 0.15) is 30.9 Å². The molecule has 1 rings (SSSR count). The number of hydrogen-bond donors (Lipinski definition) is 0. The summed E-state index contributed by atoms with van der Waals surface area (Å²) in [6.45, 7) is 8.13. The second-order valence-electron chi connectivity index (χ2n) is 3.23. The van der Waals surface area contributed by atoms with Gasteiger partial charge in [0.25, 0.3) is 0 Å². The van der Waals surface area contributed by atoms with Gasteiger partial charge in [-0.25, -0.2) is 0 Å². The van der Waals surface area contributed by atoms with Crippen LogP contribution in [-0.2, 0) is 6.42 Å². The summed E-state index contributed by atoms with van der Waals surface area (Å²) in [7, 11) is 0. The van der Waals surface area contributed by atoms with Gasteiger partial charge in [-0.1, -0.05) is 48.0 Å². The van der Waals surface area contributed by atoms with Gasteiger partial charge in [-0.2, -0.15) is 0 Å². The summed E-state index contributed by atoms with van der Waals surface area (Å²) in [5.74, 6) is 0.443. The minimum Gasteiger partial charge on any atom is -0.102 e. The number of halogens is 1. The van der Waals surface area contributed by atoms with Crippen molar-refractivity contribution in [1.82, 2.24) is 0 Å². The second-order valence-corrected chi connectivity index (χ2v) is 4.08. The Hall–Kier alpha value is -0.560. The predicted octanol–water partition coefficient (Wildman–Crippen LogP) is 4.30. The van der Waals surface area contributed by atoms with Gasteiger partial charge in [0, 0.05) is 4.47 Å². The second kappa shape index (κ2) is 4.61. The van der Waals surface area contributed by atoms with Gasteiger partial charge in [0.2, 0.25) is 0 Å². The molecule has 0 saturated carbocycles. The van der Waals surface area contributed by atoms with Crippen molar-refractivity contribution in [3.05, 3.63) is 46.5 Å². The van der Waals surface area contributed by atoms with Gasteiger partial charge in [0.05, 0.1) is 0 Å². The molecule has 0 heterocycles. The zero-order valence-electron chi connectivity index (χ0n) is 8.18. The number of rotatable bonds is 3. The molecular weight excluding hydrogens is 224 g/mol. The molecule has 0 bridgehead atoms. The number of benzene rings is 1. The first kappa shape index (κ1) is 10.5. The molecule has 1 heteroatoms. The van der Waals surface area contributed by atoms with Crippen molar-refractivity contribution in [2.75, 3.05) is 0 Å². The zero-order chi connectivity index (χ0) is 9.84. The maximum atomic E-state index is 3.80. The van der Waals surface area contributed by atoms with Gasteiger partial charge in [0.15, 0.2) is 0 Å². The molecule has 0 aliphatic carbocycles. The molecule has 0 radical (unpaired) electrons. The van der Waals surface area contributed by atoms with E-state index < -0.39 is 0 Å². The van der Waals surface area contributed by atoms with E-state index in [-0.39, 0.29) is 0 Å². The molecule has 1 atom stereocenters. The fraction of sp³-hybridized carbons (Fsp3) is 0.333. The molecule has 0 nitrogen and oxygen atoms in total. The first-order valence-corrected chi connectivity index (χ1v) is 5.39. The third-order valence-electron chi connectivity index (χ3n) is 2.33. The van der Waals surface area contributed by atoms with Crippen LogP contribution in [0.15, 0.2) is 35.3 Å². The molecule has 0 aliphatic rings. The lowest BCUT2D eigenvalue weighted by molar-refractivity contribution is 0.959. The third-order valence-corrected chi connectivity index (χ3v) is 3.10. The molecule has 1 aromatic rings. The molecular formula is C12H15Br. The van der Waals surface area contributed by atoms with Gasteiger partial charge >= 0.3 is 0 Å². The van der Waals surface area contributed by atoms with E-state index in [4.69, 9.17) is 0 Å². The van der Waals surface area contributed by atoms with Crippen LogP contribution >= 0.6 is 15.9 Å². The molecule has 0 N–H and O–H groups in total. The van der Waals surface area contributed by atoms with E-state index in [0.717, 1.165) is 6.42 Å². The monoisotopic (exact) mass is 238 g/mol. The molecule has 0 spiro atoms. The average molecular weight is 239 g/mol. The number of hydrogen-bond acceptors (Lipinski definition) is 0. The van der Waals surface area contributed by atoms with Crippen LogP contribution in [0, 0.1) is 0 Å². The maximum absolute atomic E-state index is 3.80. The summed E-state index contributed by atoms with van der Waals surface area (Å²) in [6.07, 6.45) is 3.04. The van der Waals surface area contributed by atoms with E-state index in [1.165, 1.54) is 15.6 Å². The lowest BCUT2D eigenvalue weighted by Gasteiger charge is -2.09. The first-order valence-electron chi connectivity index (χ1n) is 4.60. The van der Waals surface area contributed by atoms with Crippen LogP contribution in [0.25, 0.3) is 0 Å². The summed E-state index contributed by atoms with van der Waals surface area (Å²) in [5.41, 5.74) is 2.71.